The summed E-state index contributed by atoms with van der Waals surface area (Å²) < 4.78 is 3.05. The summed E-state index contributed by atoms with van der Waals surface area (Å²) in [6.45, 7) is 5.87. The number of nitrogens with zero attached hydrogens (tertiary/aromatic N) is 3. The molecule has 0 fully saturated rings. The van der Waals surface area contributed by atoms with E-state index in [1.165, 1.54) is 10.6 Å². The van der Waals surface area contributed by atoms with Crippen molar-refractivity contribution >= 4 is 5.97 Å². The van der Waals surface area contributed by atoms with Crippen molar-refractivity contribution < 1.29 is 9.90 Å². The highest BCUT2D eigenvalue weighted by Crippen LogP contribution is 2.15. The maximum absolute atomic E-state index is 12.1. The first-order chi connectivity index (χ1) is 8.95. The van der Waals surface area contributed by atoms with Crippen LogP contribution in [0, 0.1) is 13.8 Å². The van der Waals surface area contributed by atoms with Crippen molar-refractivity contribution in [3.63, 3.8) is 0 Å². The van der Waals surface area contributed by atoms with Crippen LogP contribution in [0.2, 0.25) is 0 Å². The van der Waals surface area contributed by atoms with E-state index in [1.807, 2.05) is 6.92 Å². The second-order valence-electron chi connectivity index (χ2n) is 4.32. The molecule has 0 aliphatic rings. The number of aromatic nitrogens is 3. The van der Waals surface area contributed by atoms with E-state index >= 15 is 0 Å². The Morgan fingerprint density at radius 3 is 2.63 bits per heavy atom. The maximum Gasteiger partial charge on any atom is 0.337 e. The molecule has 0 amide bonds. The predicted octanol–water partition coefficient (Wildman–Crippen LogP) is 1.37. The van der Waals surface area contributed by atoms with Crippen molar-refractivity contribution in [2.75, 3.05) is 0 Å². The van der Waals surface area contributed by atoms with Gasteiger partial charge in [-0.25, -0.2) is 4.79 Å². The molecule has 0 saturated carbocycles. The number of carboxylic acid groups (broad SMARTS) is 1. The Balaban J connectivity index is 2.73. The summed E-state index contributed by atoms with van der Waals surface area (Å²) in [4.78, 5) is 23.3. The molecular formula is C13H15N3O3. The zero-order valence-corrected chi connectivity index (χ0v) is 11.0. The molecule has 2 aromatic rings. The van der Waals surface area contributed by atoms with Gasteiger partial charge in [-0.15, -0.1) is 0 Å². The van der Waals surface area contributed by atoms with Crippen molar-refractivity contribution in [2.24, 2.45) is 0 Å². The quantitative estimate of drug-likeness (QED) is 0.905. The summed E-state index contributed by atoms with van der Waals surface area (Å²) in [7, 11) is 0. The summed E-state index contributed by atoms with van der Waals surface area (Å²) in [5.41, 5.74) is 1.36. The minimum Gasteiger partial charge on any atom is -0.478 e. The Morgan fingerprint density at radius 2 is 2.11 bits per heavy atom. The van der Waals surface area contributed by atoms with Crippen LogP contribution in [-0.4, -0.2) is 25.4 Å². The first-order valence-corrected chi connectivity index (χ1v) is 5.95. The number of hydrogen-bond acceptors (Lipinski definition) is 3. The number of carboxylic acids is 1. The maximum atomic E-state index is 12.1. The van der Waals surface area contributed by atoms with Crippen molar-refractivity contribution in [1.82, 2.24) is 14.3 Å². The Morgan fingerprint density at radius 1 is 1.42 bits per heavy atom. The van der Waals surface area contributed by atoms with E-state index in [9.17, 15) is 14.7 Å². The fourth-order valence-electron chi connectivity index (χ4n) is 2.17. The molecule has 100 valence electrons. The molecular weight excluding hydrogens is 246 g/mol. The molecule has 0 spiro atoms. The Hall–Kier alpha value is -2.37. The third kappa shape index (κ3) is 2.16. The standard InChI is InChI=1S/C13H15N3O3/c1-4-15-7-10(6-14-15)16-9(3)12(13(18)19)8(2)5-11(16)17/h5-7H,4H2,1-3H3,(H,18,19). The number of pyridine rings is 1. The molecule has 0 unspecified atom stereocenters. The SMILES string of the molecule is CCn1cc(-n2c(C)c(C(=O)O)c(C)cc2=O)cn1. The fraction of sp³-hybridized carbons (Fsp3) is 0.308. The highest BCUT2D eigenvalue weighted by atomic mass is 16.4. The van der Waals surface area contributed by atoms with Crippen LogP contribution in [0.4, 0.5) is 0 Å². The van der Waals surface area contributed by atoms with Crippen LogP contribution >= 0.6 is 0 Å². The zero-order valence-electron chi connectivity index (χ0n) is 11.0. The van der Waals surface area contributed by atoms with Crippen LogP contribution in [0.3, 0.4) is 0 Å². The molecule has 6 heteroatoms. The van der Waals surface area contributed by atoms with Gasteiger partial charge in [0.15, 0.2) is 0 Å². The third-order valence-electron chi connectivity index (χ3n) is 3.07. The van der Waals surface area contributed by atoms with Crippen molar-refractivity contribution in [1.29, 1.82) is 0 Å². The molecule has 1 N–H and O–H groups in total. The number of rotatable bonds is 3. The van der Waals surface area contributed by atoms with Crippen LogP contribution in [-0.2, 0) is 6.54 Å². The van der Waals surface area contributed by atoms with Gasteiger partial charge < -0.3 is 5.11 Å². The summed E-state index contributed by atoms with van der Waals surface area (Å²) in [5.74, 6) is -1.04. The molecule has 0 aliphatic heterocycles. The average Bonchev–Trinajstić information content (AvgIpc) is 2.76. The molecule has 0 bridgehead atoms. The first-order valence-electron chi connectivity index (χ1n) is 5.95. The van der Waals surface area contributed by atoms with E-state index in [4.69, 9.17) is 0 Å². The van der Waals surface area contributed by atoms with Crippen LogP contribution in [0.25, 0.3) is 5.69 Å². The summed E-state index contributed by atoms with van der Waals surface area (Å²) in [6.07, 6.45) is 3.27. The lowest BCUT2D eigenvalue weighted by molar-refractivity contribution is 0.0694. The predicted molar refractivity (Wildman–Crippen MR) is 69.9 cm³/mol. The second kappa shape index (κ2) is 4.72. The van der Waals surface area contributed by atoms with E-state index in [-0.39, 0.29) is 11.1 Å². The zero-order chi connectivity index (χ0) is 14.2. The smallest absolute Gasteiger partial charge is 0.337 e. The van der Waals surface area contributed by atoms with E-state index in [0.717, 1.165) is 0 Å². The molecule has 6 nitrogen and oxygen atoms in total. The van der Waals surface area contributed by atoms with Gasteiger partial charge in [0.05, 0.1) is 17.4 Å². The van der Waals surface area contributed by atoms with Gasteiger partial charge in [0.1, 0.15) is 0 Å². The van der Waals surface area contributed by atoms with Gasteiger partial charge >= 0.3 is 5.97 Å². The molecule has 2 heterocycles. The Labute approximate surface area is 109 Å². The molecule has 0 saturated heterocycles. The van der Waals surface area contributed by atoms with Crippen molar-refractivity contribution in [3.05, 3.63) is 45.6 Å². The fourth-order valence-corrected chi connectivity index (χ4v) is 2.17. The molecule has 0 aliphatic carbocycles. The summed E-state index contributed by atoms with van der Waals surface area (Å²) >= 11 is 0. The van der Waals surface area contributed by atoms with Gasteiger partial charge in [0.2, 0.25) is 0 Å². The number of hydrogen-bond donors (Lipinski definition) is 1. The lowest BCUT2D eigenvalue weighted by Crippen LogP contribution is -2.23. The molecule has 0 atom stereocenters. The molecule has 0 radical (unpaired) electrons. The molecule has 19 heavy (non-hydrogen) atoms. The van der Waals surface area contributed by atoms with Gasteiger partial charge in [-0.1, -0.05) is 0 Å². The van der Waals surface area contributed by atoms with Gasteiger partial charge in [0.25, 0.3) is 5.56 Å². The van der Waals surface area contributed by atoms with E-state index in [1.54, 1.807) is 30.9 Å². The first kappa shape index (κ1) is 13.1. The van der Waals surface area contributed by atoms with E-state index < -0.39 is 5.97 Å². The summed E-state index contributed by atoms with van der Waals surface area (Å²) in [5, 5.41) is 13.3. The number of aryl methyl sites for hydroxylation is 2. The van der Waals surface area contributed by atoms with Crippen molar-refractivity contribution in [2.45, 2.75) is 27.3 Å². The normalized spacial score (nSPS) is 10.7. The monoisotopic (exact) mass is 261 g/mol. The molecule has 0 aromatic carbocycles. The van der Waals surface area contributed by atoms with Crippen molar-refractivity contribution in [3.8, 4) is 5.69 Å². The molecule has 2 rings (SSSR count). The topological polar surface area (TPSA) is 77.1 Å². The highest BCUT2D eigenvalue weighted by molar-refractivity contribution is 5.90. The Kier molecular flexibility index (Phi) is 3.25. The van der Waals surface area contributed by atoms with Crippen LogP contribution < -0.4 is 5.56 Å². The van der Waals surface area contributed by atoms with Gasteiger partial charge in [-0.05, 0) is 26.3 Å². The summed E-state index contributed by atoms with van der Waals surface area (Å²) in [6, 6.07) is 1.33. The lowest BCUT2D eigenvalue weighted by atomic mass is 10.1. The average molecular weight is 261 g/mol. The molecule has 2 aromatic heterocycles. The highest BCUT2D eigenvalue weighted by Gasteiger charge is 2.17. The van der Waals surface area contributed by atoms with Crippen LogP contribution in [0.15, 0.2) is 23.3 Å². The van der Waals surface area contributed by atoms with E-state index in [2.05, 4.69) is 5.10 Å². The third-order valence-corrected chi connectivity index (χ3v) is 3.07. The lowest BCUT2D eigenvalue weighted by Gasteiger charge is -2.12. The van der Waals surface area contributed by atoms with Gasteiger partial charge in [0, 0.05) is 24.5 Å². The largest absolute Gasteiger partial charge is 0.478 e. The number of aromatic carboxylic acids is 1. The second-order valence-corrected chi connectivity index (χ2v) is 4.32. The van der Waals surface area contributed by atoms with Crippen LogP contribution in [0.1, 0.15) is 28.5 Å². The minimum absolute atomic E-state index is 0.156. The Bertz CT molecular complexity index is 698. The number of carbonyl (C=O) groups is 1. The van der Waals surface area contributed by atoms with Gasteiger partial charge in [-0.3, -0.25) is 14.0 Å². The van der Waals surface area contributed by atoms with Gasteiger partial charge in [-0.2, -0.15) is 5.10 Å². The van der Waals surface area contributed by atoms with E-state index in [0.29, 0.717) is 23.5 Å². The minimum atomic E-state index is -1.04. The van der Waals surface area contributed by atoms with Crippen LogP contribution in [0.5, 0.6) is 0 Å².